The number of carbonyl (C=O) groups excluding carboxylic acids is 1. The molecule has 1 amide bonds. The molecule has 2 N–H and O–H groups in total. The summed E-state index contributed by atoms with van der Waals surface area (Å²) >= 11 is 11.9. The van der Waals surface area contributed by atoms with E-state index in [0.717, 1.165) is 0 Å². The van der Waals surface area contributed by atoms with Gasteiger partial charge in [0.25, 0.3) is 0 Å². The summed E-state index contributed by atoms with van der Waals surface area (Å²) in [7, 11) is 0. The zero-order valence-corrected chi connectivity index (χ0v) is 12.2. The summed E-state index contributed by atoms with van der Waals surface area (Å²) < 4.78 is 0. The normalized spacial score (nSPS) is 12.6. The van der Waals surface area contributed by atoms with E-state index in [1.807, 2.05) is 6.92 Å². The van der Waals surface area contributed by atoms with Crippen molar-refractivity contribution in [1.82, 2.24) is 5.32 Å². The van der Waals surface area contributed by atoms with Crippen LogP contribution in [0.25, 0.3) is 6.08 Å². The standard InChI is InChI=1S/C14H17Cl2NO2/c1-10(7-8-18)9-17-13(19)6-5-11-3-2-4-12(15)14(11)16/h2-6,10,18H,7-9H2,1H3,(H,17,19). The molecule has 104 valence electrons. The van der Waals surface area contributed by atoms with E-state index in [2.05, 4.69) is 5.32 Å². The molecule has 19 heavy (non-hydrogen) atoms. The van der Waals surface area contributed by atoms with Crippen LogP contribution in [0.3, 0.4) is 0 Å². The molecule has 1 unspecified atom stereocenters. The van der Waals surface area contributed by atoms with Crippen molar-refractivity contribution in [2.45, 2.75) is 13.3 Å². The Balaban J connectivity index is 2.52. The molecule has 0 heterocycles. The number of halogens is 2. The van der Waals surface area contributed by atoms with E-state index in [1.54, 1.807) is 24.3 Å². The van der Waals surface area contributed by atoms with Gasteiger partial charge in [-0.2, -0.15) is 0 Å². The molecule has 0 spiro atoms. The number of hydrogen-bond donors (Lipinski definition) is 2. The molecule has 0 aromatic heterocycles. The second-order valence-corrected chi connectivity index (χ2v) is 5.12. The number of nitrogens with one attached hydrogen (secondary N) is 1. The molecular weight excluding hydrogens is 285 g/mol. The van der Waals surface area contributed by atoms with Crippen molar-refractivity contribution in [2.24, 2.45) is 5.92 Å². The molecule has 0 aliphatic carbocycles. The number of benzene rings is 1. The minimum atomic E-state index is -0.194. The molecule has 0 saturated heterocycles. The lowest BCUT2D eigenvalue weighted by molar-refractivity contribution is -0.116. The third kappa shape index (κ3) is 5.64. The summed E-state index contributed by atoms with van der Waals surface area (Å²) in [5.74, 6) is 0.0536. The van der Waals surface area contributed by atoms with Crippen LogP contribution in [0, 0.1) is 5.92 Å². The SMILES string of the molecule is CC(CCO)CNC(=O)C=Cc1cccc(Cl)c1Cl. The van der Waals surface area contributed by atoms with Gasteiger partial charge in [0.15, 0.2) is 0 Å². The quantitative estimate of drug-likeness (QED) is 0.793. The van der Waals surface area contributed by atoms with Gasteiger partial charge in [-0.1, -0.05) is 42.3 Å². The van der Waals surface area contributed by atoms with Gasteiger partial charge in [-0.3, -0.25) is 4.79 Å². The smallest absolute Gasteiger partial charge is 0.244 e. The van der Waals surface area contributed by atoms with Crippen LogP contribution in [0.5, 0.6) is 0 Å². The zero-order chi connectivity index (χ0) is 14.3. The van der Waals surface area contributed by atoms with Gasteiger partial charge in [-0.05, 0) is 30.0 Å². The molecule has 1 aromatic carbocycles. The van der Waals surface area contributed by atoms with Crippen molar-refractivity contribution in [2.75, 3.05) is 13.2 Å². The van der Waals surface area contributed by atoms with Gasteiger partial charge in [-0.15, -0.1) is 0 Å². The van der Waals surface area contributed by atoms with Crippen molar-refractivity contribution in [3.63, 3.8) is 0 Å². The highest BCUT2D eigenvalue weighted by Gasteiger charge is 2.04. The minimum absolute atomic E-state index is 0.130. The van der Waals surface area contributed by atoms with Crippen LogP contribution in [0.4, 0.5) is 0 Å². The molecule has 5 heteroatoms. The highest BCUT2D eigenvalue weighted by Crippen LogP contribution is 2.26. The van der Waals surface area contributed by atoms with Crippen LogP contribution < -0.4 is 5.32 Å². The minimum Gasteiger partial charge on any atom is -0.396 e. The van der Waals surface area contributed by atoms with Crippen LogP contribution in [0.15, 0.2) is 24.3 Å². The van der Waals surface area contributed by atoms with Gasteiger partial charge in [0, 0.05) is 19.2 Å². The van der Waals surface area contributed by atoms with Crippen LogP contribution in [0.2, 0.25) is 10.0 Å². The predicted molar refractivity (Wildman–Crippen MR) is 79.4 cm³/mol. The summed E-state index contributed by atoms with van der Waals surface area (Å²) in [6.45, 7) is 2.63. The molecule has 0 saturated carbocycles. The number of aliphatic hydroxyl groups excluding tert-OH is 1. The van der Waals surface area contributed by atoms with E-state index < -0.39 is 0 Å². The van der Waals surface area contributed by atoms with Crippen molar-refractivity contribution < 1.29 is 9.90 Å². The summed E-state index contributed by atoms with van der Waals surface area (Å²) in [5, 5.41) is 12.4. The molecule has 0 aliphatic heterocycles. The second-order valence-electron chi connectivity index (χ2n) is 4.34. The lowest BCUT2D eigenvalue weighted by Gasteiger charge is -2.09. The van der Waals surface area contributed by atoms with Gasteiger partial charge >= 0.3 is 0 Å². The Morgan fingerprint density at radius 2 is 2.21 bits per heavy atom. The van der Waals surface area contributed by atoms with Gasteiger partial charge in [0.1, 0.15) is 0 Å². The Bertz CT molecular complexity index is 461. The number of aliphatic hydroxyl groups is 1. The Kier molecular flexibility index (Phi) is 6.92. The van der Waals surface area contributed by atoms with E-state index in [0.29, 0.717) is 28.6 Å². The van der Waals surface area contributed by atoms with E-state index >= 15 is 0 Å². The van der Waals surface area contributed by atoms with Gasteiger partial charge in [0.2, 0.25) is 5.91 Å². The first-order valence-corrected chi connectivity index (χ1v) is 6.81. The fourth-order valence-corrected chi connectivity index (χ4v) is 1.84. The first kappa shape index (κ1) is 16.0. The first-order chi connectivity index (χ1) is 9.04. The zero-order valence-electron chi connectivity index (χ0n) is 10.7. The average molecular weight is 302 g/mol. The van der Waals surface area contributed by atoms with E-state index in [-0.39, 0.29) is 18.4 Å². The van der Waals surface area contributed by atoms with Crippen molar-refractivity contribution in [3.8, 4) is 0 Å². The van der Waals surface area contributed by atoms with Crippen LogP contribution in [-0.2, 0) is 4.79 Å². The number of amides is 1. The summed E-state index contributed by atoms with van der Waals surface area (Å²) in [4.78, 5) is 11.6. The highest BCUT2D eigenvalue weighted by atomic mass is 35.5. The summed E-state index contributed by atoms with van der Waals surface area (Å²) in [6, 6.07) is 5.25. The Morgan fingerprint density at radius 3 is 2.89 bits per heavy atom. The predicted octanol–water partition coefficient (Wildman–Crippen LogP) is 3.14. The molecule has 0 bridgehead atoms. The molecule has 0 radical (unpaired) electrons. The molecular formula is C14H17Cl2NO2. The molecule has 0 aliphatic rings. The number of hydrogen-bond acceptors (Lipinski definition) is 2. The highest BCUT2D eigenvalue weighted by molar-refractivity contribution is 6.42. The van der Waals surface area contributed by atoms with Crippen LogP contribution >= 0.6 is 23.2 Å². The third-order valence-corrected chi connectivity index (χ3v) is 3.48. The fraction of sp³-hybridized carbons (Fsp3) is 0.357. The van der Waals surface area contributed by atoms with Crippen LogP contribution in [-0.4, -0.2) is 24.2 Å². The van der Waals surface area contributed by atoms with Crippen molar-refractivity contribution in [3.05, 3.63) is 39.9 Å². The molecule has 0 fully saturated rings. The Hall–Kier alpha value is -1.03. The summed E-state index contributed by atoms with van der Waals surface area (Å²) in [5.41, 5.74) is 0.702. The monoisotopic (exact) mass is 301 g/mol. The van der Waals surface area contributed by atoms with E-state index in [9.17, 15) is 4.79 Å². The molecule has 1 aromatic rings. The molecule has 1 rings (SSSR count). The maximum absolute atomic E-state index is 11.6. The fourth-order valence-electron chi connectivity index (χ4n) is 1.47. The van der Waals surface area contributed by atoms with Crippen LogP contribution in [0.1, 0.15) is 18.9 Å². The van der Waals surface area contributed by atoms with Crippen molar-refractivity contribution >= 4 is 35.2 Å². The molecule has 1 atom stereocenters. The Labute approximate surface area is 123 Å². The average Bonchev–Trinajstić information content (AvgIpc) is 2.38. The Morgan fingerprint density at radius 1 is 1.47 bits per heavy atom. The maximum atomic E-state index is 11.6. The van der Waals surface area contributed by atoms with Gasteiger partial charge in [0.05, 0.1) is 10.0 Å². The topological polar surface area (TPSA) is 49.3 Å². The maximum Gasteiger partial charge on any atom is 0.244 e. The van der Waals surface area contributed by atoms with Gasteiger partial charge in [-0.25, -0.2) is 0 Å². The summed E-state index contributed by atoms with van der Waals surface area (Å²) in [6.07, 6.45) is 3.72. The first-order valence-electron chi connectivity index (χ1n) is 6.05. The van der Waals surface area contributed by atoms with E-state index in [1.165, 1.54) is 6.08 Å². The second kappa shape index (κ2) is 8.20. The number of rotatable bonds is 6. The van der Waals surface area contributed by atoms with Crippen molar-refractivity contribution in [1.29, 1.82) is 0 Å². The molecule has 3 nitrogen and oxygen atoms in total. The van der Waals surface area contributed by atoms with Gasteiger partial charge < -0.3 is 10.4 Å². The number of carbonyl (C=O) groups is 1. The largest absolute Gasteiger partial charge is 0.396 e. The van der Waals surface area contributed by atoms with E-state index in [4.69, 9.17) is 28.3 Å². The third-order valence-electron chi connectivity index (χ3n) is 2.64. The lowest BCUT2D eigenvalue weighted by atomic mass is 10.1. The lowest BCUT2D eigenvalue weighted by Crippen LogP contribution is -2.26.